The van der Waals surface area contributed by atoms with E-state index < -0.39 is 24.3 Å². The van der Waals surface area contributed by atoms with Gasteiger partial charge in [0.1, 0.15) is 11.6 Å². The molecule has 0 bridgehead atoms. The number of hydrogen-bond donors (Lipinski definition) is 3. The van der Waals surface area contributed by atoms with Crippen LogP contribution in [-0.2, 0) is 6.61 Å². The Morgan fingerprint density at radius 2 is 2.00 bits per heavy atom. The van der Waals surface area contributed by atoms with Gasteiger partial charge in [0, 0.05) is 22.2 Å². The Morgan fingerprint density at radius 3 is 2.68 bits per heavy atom. The molecule has 0 fully saturated rings. The minimum atomic E-state index is -0.915. The van der Waals surface area contributed by atoms with E-state index in [9.17, 15) is 13.6 Å². The minimum Gasteiger partial charge on any atom is -0.391 e. The fourth-order valence-electron chi connectivity index (χ4n) is 1.86. The molecular weight excluding hydrogens is 310 g/mol. The van der Waals surface area contributed by atoms with Crippen LogP contribution in [0.2, 0.25) is 0 Å². The minimum absolute atomic E-state index is 0.112. The first-order chi connectivity index (χ1) is 10.5. The molecule has 2 amide bonds. The first-order valence-corrected chi connectivity index (χ1v) is 7.57. The van der Waals surface area contributed by atoms with Crippen LogP contribution in [0.15, 0.2) is 41.3 Å². The summed E-state index contributed by atoms with van der Waals surface area (Å²) in [7, 11) is 0. The third-order valence-corrected chi connectivity index (χ3v) is 3.62. The lowest BCUT2D eigenvalue weighted by Crippen LogP contribution is -2.20. The van der Waals surface area contributed by atoms with Crippen LogP contribution in [0.3, 0.4) is 0 Å². The average molecular weight is 324 g/mol. The molecule has 22 heavy (non-hydrogen) atoms. The Hall–Kier alpha value is -2.12. The van der Waals surface area contributed by atoms with Crippen LogP contribution >= 0.6 is 11.8 Å². The van der Waals surface area contributed by atoms with Crippen LogP contribution < -0.4 is 10.6 Å². The van der Waals surface area contributed by atoms with E-state index in [4.69, 9.17) is 5.11 Å². The van der Waals surface area contributed by atoms with Gasteiger partial charge in [-0.3, -0.25) is 0 Å². The van der Waals surface area contributed by atoms with Crippen molar-refractivity contribution in [2.24, 2.45) is 0 Å². The molecule has 4 nitrogen and oxygen atoms in total. The smallest absolute Gasteiger partial charge is 0.323 e. The first kappa shape index (κ1) is 16.3. The molecular formula is C15H14F2N2O2S. The average Bonchev–Trinajstić information content (AvgIpc) is 2.47. The number of halogens is 2. The molecule has 0 unspecified atom stereocenters. The van der Waals surface area contributed by atoms with Crippen molar-refractivity contribution < 1.29 is 18.7 Å². The van der Waals surface area contributed by atoms with Gasteiger partial charge in [0.25, 0.3) is 0 Å². The standard InChI is InChI=1S/C15H14F2N2O2S/c1-22-11-4-2-3-10(7-11)18-15(21)19-14-6-9(16)5-13(17)12(14)8-20/h2-7,20H,8H2,1H3,(H2,18,19,21). The number of thioether (sulfide) groups is 1. The van der Waals surface area contributed by atoms with E-state index in [1.54, 1.807) is 18.2 Å². The highest BCUT2D eigenvalue weighted by Crippen LogP contribution is 2.22. The second-order valence-electron chi connectivity index (χ2n) is 4.38. The largest absolute Gasteiger partial charge is 0.391 e. The van der Waals surface area contributed by atoms with E-state index in [0.29, 0.717) is 11.8 Å². The SMILES string of the molecule is CSc1cccc(NC(=O)Nc2cc(F)cc(F)c2CO)c1. The van der Waals surface area contributed by atoms with Gasteiger partial charge >= 0.3 is 6.03 Å². The Labute approximate surface area is 130 Å². The summed E-state index contributed by atoms with van der Waals surface area (Å²) in [6, 6.07) is 8.07. The number of benzene rings is 2. The van der Waals surface area contributed by atoms with Crippen LogP contribution in [0.25, 0.3) is 0 Å². The summed E-state index contributed by atoms with van der Waals surface area (Å²) < 4.78 is 26.7. The monoisotopic (exact) mass is 324 g/mol. The molecule has 3 N–H and O–H groups in total. The number of carbonyl (C=O) groups is 1. The fraction of sp³-hybridized carbons (Fsp3) is 0.133. The first-order valence-electron chi connectivity index (χ1n) is 6.34. The third kappa shape index (κ3) is 3.96. The predicted octanol–water partition coefficient (Wildman–Crippen LogP) is 3.82. The molecule has 0 atom stereocenters. The number of aliphatic hydroxyl groups is 1. The van der Waals surface area contributed by atoms with Gasteiger partial charge in [-0.25, -0.2) is 13.6 Å². The van der Waals surface area contributed by atoms with Crippen LogP contribution in [0, 0.1) is 11.6 Å². The summed E-state index contributed by atoms with van der Waals surface area (Å²) >= 11 is 1.52. The molecule has 0 heterocycles. The number of urea groups is 1. The lowest BCUT2D eigenvalue weighted by Gasteiger charge is -2.12. The van der Waals surface area contributed by atoms with Crippen molar-refractivity contribution in [3.05, 3.63) is 53.6 Å². The molecule has 0 radical (unpaired) electrons. The maximum Gasteiger partial charge on any atom is 0.323 e. The van der Waals surface area contributed by atoms with Crippen molar-refractivity contribution in [3.8, 4) is 0 Å². The van der Waals surface area contributed by atoms with Crippen molar-refractivity contribution >= 4 is 29.2 Å². The zero-order chi connectivity index (χ0) is 16.1. The number of anilines is 2. The Kier molecular flexibility index (Phi) is 5.35. The summed E-state index contributed by atoms with van der Waals surface area (Å²) in [5.74, 6) is -1.75. The number of nitrogens with one attached hydrogen (secondary N) is 2. The van der Waals surface area contributed by atoms with Gasteiger partial charge < -0.3 is 15.7 Å². The molecule has 2 aromatic carbocycles. The van der Waals surface area contributed by atoms with Crippen molar-refractivity contribution in [3.63, 3.8) is 0 Å². The predicted molar refractivity (Wildman–Crippen MR) is 83.1 cm³/mol. The highest BCUT2D eigenvalue weighted by molar-refractivity contribution is 7.98. The summed E-state index contributed by atoms with van der Waals surface area (Å²) in [5.41, 5.74) is 0.264. The molecule has 2 rings (SSSR count). The molecule has 0 saturated heterocycles. The number of hydrogen-bond acceptors (Lipinski definition) is 3. The molecule has 0 spiro atoms. The quantitative estimate of drug-likeness (QED) is 0.749. The van der Waals surface area contributed by atoms with Crippen LogP contribution in [0.5, 0.6) is 0 Å². The summed E-state index contributed by atoms with van der Waals surface area (Å²) in [5, 5.41) is 14.0. The van der Waals surface area contributed by atoms with Gasteiger partial charge in [-0.15, -0.1) is 11.8 Å². The zero-order valence-corrected chi connectivity index (χ0v) is 12.5. The van der Waals surface area contributed by atoms with E-state index in [2.05, 4.69) is 10.6 Å². The second-order valence-corrected chi connectivity index (χ2v) is 5.26. The molecule has 116 valence electrons. The Balaban J connectivity index is 2.15. The van der Waals surface area contributed by atoms with E-state index >= 15 is 0 Å². The number of amides is 2. The highest BCUT2D eigenvalue weighted by Gasteiger charge is 2.13. The topological polar surface area (TPSA) is 61.4 Å². The van der Waals surface area contributed by atoms with Crippen molar-refractivity contribution in [2.75, 3.05) is 16.9 Å². The normalized spacial score (nSPS) is 10.4. The zero-order valence-electron chi connectivity index (χ0n) is 11.7. The second kappa shape index (κ2) is 7.24. The molecule has 0 aliphatic rings. The van der Waals surface area contributed by atoms with Gasteiger partial charge in [0.15, 0.2) is 0 Å². The molecule has 0 aromatic heterocycles. The maximum atomic E-state index is 13.5. The third-order valence-electron chi connectivity index (χ3n) is 2.89. The summed E-state index contributed by atoms with van der Waals surface area (Å²) in [6.07, 6.45) is 1.90. The van der Waals surface area contributed by atoms with Crippen molar-refractivity contribution in [2.45, 2.75) is 11.5 Å². The lowest BCUT2D eigenvalue weighted by atomic mass is 10.1. The number of rotatable bonds is 4. The Bertz CT molecular complexity index is 695. The van der Waals surface area contributed by atoms with Crippen LogP contribution in [0.4, 0.5) is 25.0 Å². The number of carbonyl (C=O) groups excluding carboxylic acids is 1. The molecule has 0 aliphatic carbocycles. The highest BCUT2D eigenvalue weighted by atomic mass is 32.2. The van der Waals surface area contributed by atoms with Crippen LogP contribution in [-0.4, -0.2) is 17.4 Å². The van der Waals surface area contributed by atoms with Crippen molar-refractivity contribution in [1.29, 1.82) is 0 Å². The van der Waals surface area contributed by atoms with Gasteiger partial charge in [0.2, 0.25) is 0 Å². The molecule has 2 aromatic rings. The number of aliphatic hydroxyl groups excluding tert-OH is 1. The molecule has 0 aliphatic heterocycles. The fourth-order valence-corrected chi connectivity index (χ4v) is 2.32. The van der Waals surface area contributed by atoms with E-state index in [-0.39, 0.29) is 11.3 Å². The molecule has 0 saturated carbocycles. The Morgan fingerprint density at radius 1 is 1.23 bits per heavy atom. The van der Waals surface area contributed by atoms with Gasteiger partial charge in [-0.1, -0.05) is 6.07 Å². The van der Waals surface area contributed by atoms with E-state index in [1.807, 2.05) is 12.3 Å². The lowest BCUT2D eigenvalue weighted by molar-refractivity contribution is 0.261. The van der Waals surface area contributed by atoms with E-state index in [1.165, 1.54) is 11.8 Å². The maximum absolute atomic E-state index is 13.5. The van der Waals surface area contributed by atoms with Gasteiger partial charge in [-0.2, -0.15) is 0 Å². The van der Waals surface area contributed by atoms with E-state index in [0.717, 1.165) is 11.0 Å². The molecule has 7 heteroatoms. The van der Waals surface area contributed by atoms with Crippen molar-refractivity contribution in [1.82, 2.24) is 0 Å². The van der Waals surface area contributed by atoms with Gasteiger partial charge in [0.05, 0.1) is 12.3 Å². The van der Waals surface area contributed by atoms with Crippen LogP contribution in [0.1, 0.15) is 5.56 Å². The summed E-state index contributed by atoms with van der Waals surface area (Å²) in [4.78, 5) is 12.9. The van der Waals surface area contributed by atoms with Gasteiger partial charge in [-0.05, 0) is 30.5 Å². The summed E-state index contributed by atoms with van der Waals surface area (Å²) in [6.45, 7) is -0.649.